The molecule has 0 bridgehead atoms. The molecule has 144 valence electrons. The van der Waals surface area contributed by atoms with Gasteiger partial charge in [0.2, 0.25) is 5.95 Å². The number of anilines is 1. The van der Waals surface area contributed by atoms with E-state index in [2.05, 4.69) is 10.3 Å². The number of benzene rings is 3. The van der Waals surface area contributed by atoms with Crippen molar-refractivity contribution in [1.82, 2.24) is 9.55 Å². The van der Waals surface area contributed by atoms with E-state index in [4.69, 9.17) is 4.74 Å². The molecule has 8 nitrogen and oxygen atoms in total. The summed E-state index contributed by atoms with van der Waals surface area (Å²) in [6.45, 7) is 0. The first-order valence-electron chi connectivity index (χ1n) is 8.75. The highest BCUT2D eigenvalue weighted by atomic mass is 16.6. The molecule has 1 N–H and O–H groups in total. The van der Waals surface area contributed by atoms with Gasteiger partial charge in [0, 0.05) is 17.3 Å². The van der Waals surface area contributed by atoms with Crippen LogP contribution in [0.1, 0.15) is 10.4 Å². The van der Waals surface area contributed by atoms with Crippen LogP contribution in [0.2, 0.25) is 0 Å². The summed E-state index contributed by atoms with van der Waals surface area (Å²) in [4.78, 5) is 28.0. The summed E-state index contributed by atoms with van der Waals surface area (Å²) in [5.41, 5.74) is 2.22. The second kappa shape index (κ2) is 7.43. The van der Waals surface area contributed by atoms with Gasteiger partial charge in [0.25, 0.3) is 5.91 Å². The summed E-state index contributed by atoms with van der Waals surface area (Å²) in [6, 6.07) is 21.1. The minimum atomic E-state index is -0.588. The van der Waals surface area contributed by atoms with Crippen LogP contribution in [0.25, 0.3) is 16.7 Å². The fraction of sp³-hybridized carbons (Fsp3) is 0.0476. The van der Waals surface area contributed by atoms with E-state index in [1.807, 2.05) is 59.2 Å². The van der Waals surface area contributed by atoms with Gasteiger partial charge in [0.1, 0.15) is 0 Å². The fourth-order valence-corrected chi connectivity index (χ4v) is 3.10. The minimum absolute atomic E-state index is 0.0862. The summed E-state index contributed by atoms with van der Waals surface area (Å²) in [7, 11) is 1.34. The monoisotopic (exact) mass is 388 g/mol. The van der Waals surface area contributed by atoms with E-state index < -0.39 is 10.8 Å². The number of methoxy groups -OCH3 is 1. The fourth-order valence-electron chi connectivity index (χ4n) is 3.10. The molecule has 0 atom stereocenters. The Balaban J connectivity index is 1.76. The average Bonchev–Trinajstić information content (AvgIpc) is 3.11. The van der Waals surface area contributed by atoms with E-state index in [9.17, 15) is 14.9 Å². The predicted octanol–water partition coefficient (Wildman–Crippen LogP) is 4.19. The number of fused-ring (bicyclic) bond motifs is 1. The van der Waals surface area contributed by atoms with Crippen LogP contribution in [-0.4, -0.2) is 27.5 Å². The quantitative estimate of drug-likeness (QED) is 0.408. The maximum atomic E-state index is 12.8. The predicted molar refractivity (Wildman–Crippen MR) is 109 cm³/mol. The van der Waals surface area contributed by atoms with Crippen LogP contribution in [0.4, 0.5) is 11.6 Å². The van der Waals surface area contributed by atoms with Crippen molar-refractivity contribution in [3.05, 3.63) is 88.5 Å². The molecule has 0 unspecified atom stereocenters. The van der Waals surface area contributed by atoms with Crippen LogP contribution in [0.3, 0.4) is 0 Å². The Morgan fingerprint density at radius 2 is 1.79 bits per heavy atom. The van der Waals surface area contributed by atoms with E-state index in [0.29, 0.717) is 11.5 Å². The van der Waals surface area contributed by atoms with Crippen LogP contribution in [0, 0.1) is 10.1 Å². The largest absolute Gasteiger partial charge is 0.490 e. The van der Waals surface area contributed by atoms with Crippen molar-refractivity contribution in [2.24, 2.45) is 0 Å². The molecule has 0 saturated carbocycles. The lowest BCUT2D eigenvalue weighted by atomic mass is 10.1. The summed E-state index contributed by atoms with van der Waals surface area (Å²) in [5, 5.41) is 14.0. The number of para-hydroxylation sites is 3. The third-order valence-corrected chi connectivity index (χ3v) is 4.44. The van der Waals surface area contributed by atoms with Crippen molar-refractivity contribution < 1.29 is 14.5 Å². The zero-order valence-electron chi connectivity index (χ0n) is 15.4. The molecule has 0 radical (unpaired) electrons. The number of aromatic nitrogens is 2. The van der Waals surface area contributed by atoms with Gasteiger partial charge in [-0.3, -0.25) is 24.8 Å². The molecule has 0 spiro atoms. The highest BCUT2D eigenvalue weighted by Crippen LogP contribution is 2.29. The number of hydrogen-bond acceptors (Lipinski definition) is 5. The average molecular weight is 388 g/mol. The number of amides is 1. The van der Waals surface area contributed by atoms with Crippen molar-refractivity contribution in [2.45, 2.75) is 0 Å². The molecule has 4 rings (SSSR count). The van der Waals surface area contributed by atoms with Gasteiger partial charge in [0.05, 0.1) is 23.1 Å². The first-order chi connectivity index (χ1) is 14.1. The number of imidazole rings is 1. The van der Waals surface area contributed by atoms with Gasteiger partial charge in [-0.1, -0.05) is 30.3 Å². The third-order valence-electron chi connectivity index (χ3n) is 4.44. The smallest absolute Gasteiger partial charge is 0.311 e. The van der Waals surface area contributed by atoms with Crippen LogP contribution >= 0.6 is 0 Å². The van der Waals surface area contributed by atoms with Crippen molar-refractivity contribution >= 4 is 28.6 Å². The Labute approximate surface area is 165 Å². The molecule has 0 aliphatic rings. The number of carbonyl (C=O) groups excluding carboxylic acids is 1. The topological polar surface area (TPSA) is 99.3 Å². The number of nitro benzene ring substituents is 1. The van der Waals surface area contributed by atoms with Crippen molar-refractivity contribution in [1.29, 1.82) is 0 Å². The molecule has 1 heterocycles. The molecule has 1 amide bonds. The number of rotatable bonds is 5. The second-order valence-electron chi connectivity index (χ2n) is 6.19. The molecule has 0 aliphatic carbocycles. The lowest BCUT2D eigenvalue weighted by Crippen LogP contribution is -2.16. The first-order valence-corrected chi connectivity index (χ1v) is 8.75. The van der Waals surface area contributed by atoms with Gasteiger partial charge >= 0.3 is 5.69 Å². The molecule has 8 heteroatoms. The van der Waals surface area contributed by atoms with Gasteiger partial charge in [-0.25, -0.2) is 4.98 Å². The summed E-state index contributed by atoms with van der Waals surface area (Å²) in [6.07, 6.45) is 0. The Hall–Kier alpha value is -4.20. The van der Waals surface area contributed by atoms with Crippen LogP contribution < -0.4 is 10.1 Å². The number of nitrogens with zero attached hydrogens (tertiary/aromatic N) is 3. The molecule has 1 aromatic heterocycles. The minimum Gasteiger partial charge on any atom is -0.490 e. The molecule has 0 aliphatic heterocycles. The van der Waals surface area contributed by atoms with Gasteiger partial charge in [-0.05, 0) is 36.4 Å². The normalized spacial score (nSPS) is 10.7. The molecule has 0 fully saturated rings. The van der Waals surface area contributed by atoms with Crippen LogP contribution in [0.5, 0.6) is 5.75 Å². The van der Waals surface area contributed by atoms with Crippen molar-refractivity contribution in [3.63, 3.8) is 0 Å². The summed E-state index contributed by atoms with van der Waals surface area (Å²) in [5.74, 6) is -0.104. The second-order valence-corrected chi connectivity index (χ2v) is 6.19. The lowest BCUT2D eigenvalue weighted by Gasteiger charge is -2.10. The Kier molecular flexibility index (Phi) is 4.66. The summed E-state index contributed by atoms with van der Waals surface area (Å²) < 4.78 is 6.81. The SMILES string of the molecule is COc1ccc(C(=O)Nc2nc3ccccc3n2-c2ccccc2)cc1[N+](=O)[O-]. The number of nitrogens with one attached hydrogen (secondary N) is 1. The molecule has 0 saturated heterocycles. The first kappa shape index (κ1) is 18.2. The Morgan fingerprint density at radius 1 is 1.07 bits per heavy atom. The standard InChI is InChI=1S/C21H16N4O4/c1-29-19-12-11-14(13-18(19)25(27)28)20(26)23-21-22-16-9-5-6-10-17(16)24(21)15-7-3-2-4-8-15/h2-13H,1H3,(H,22,23,26). The zero-order valence-corrected chi connectivity index (χ0v) is 15.4. The zero-order chi connectivity index (χ0) is 20.4. The van der Waals surface area contributed by atoms with E-state index in [1.165, 1.54) is 25.3 Å². The van der Waals surface area contributed by atoms with Gasteiger partial charge in [-0.2, -0.15) is 0 Å². The molecular formula is C21H16N4O4. The number of nitro groups is 1. The molecule has 4 aromatic rings. The van der Waals surface area contributed by atoms with Crippen LogP contribution in [-0.2, 0) is 0 Å². The maximum absolute atomic E-state index is 12.8. The highest BCUT2D eigenvalue weighted by Gasteiger charge is 2.20. The highest BCUT2D eigenvalue weighted by molar-refractivity contribution is 6.05. The number of hydrogen-bond donors (Lipinski definition) is 1. The van der Waals surface area contributed by atoms with Gasteiger partial charge in [-0.15, -0.1) is 0 Å². The molecule has 3 aromatic carbocycles. The van der Waals surface area contributed by atoms with E-state index in [1.54, 1.807) is 0 Å². The maximum Gasteiger partial charge on any atom is 0.311 e. The van der Waals surface area contributed by atoms with Crippen LogP contribution in [0.15, 0.2) is 72.8 Å². The van der Waals surface area contributed by atoms with E-state index in [0.717, 1.165) is 11.2 Å². The summed E-state index contributed by atoms with van der Waals surface area (Å²) >= 11 is 0. The molecular weight excluding hydrogens is 372 g/mol. The lowest BCUT2D eigenvalue weighted by molar-refractivity contribution is -0.385. The Bertz CT molecular complexity index is 1220. The van der Waals surface area contributed by atoms with E-state index >= 15 is 0 Å². The van der Waals surface area contributed by atoms with Gasteiger partial charge in [0.15, 0.2) is 5.75 Å². The van der Waals surface area contributed by atoms with Crippen molar-refractivity contribution in [2.75, 3.05) is 12.4 Å². The van der Waals surface area contributed by atoms with Crippen molar-refractivity contribution in [3.8, 4) is 11.4 Å². The Morgan fingerprint density at radius 3 is 2.52 bits per heavy atom. The molecule has 29 heavy (non-hydrogen) atoms. The third kappa shape index (κ3) is 3.39. The van der Waals surface area contributed by atoms with E-state index in [-0.39, 0.29) is 17.0 Å². The van der Waals surface area contributed by atoms with Gasteiger partial charge < -0.3 is 4.74 Å². The number of ether oxygens (including phenoxy) is 1. The number of carbonyl (C=O) groups is 1.